The number of ketones is 1. The summed E-state index contributed by atoms with van der Waals surface area (Å²) >= 11 is 0. The molecule has 2 aliphatic rings. The van der Waals surface area contributed by atoms with Crippen LogP contribution >= 0.6 is 0 Å². The standard InChI is InChI=1S/C46H64N2O5/c1-32(15-9-19-35-17-6-5-7-18-35)13-8-14-33(2)16-10-22-38(31-50)40-25-27-46(43(40)52)41(23-12-28-49)39(24-26-45(46,4)53)34(3)42(51)30-36-20-11-21-37(29-36)44(47)48/h5-7,10-11,13,16-18,20-22,29,40-41,43-44,49-50,52-53H,2,8-9,12,14-15,19,23-28,30-31,47-48H2,1,3-4H3/b16-10+,32-13-,38-22-,39-34+/t40-,41-,43-,45-,46-/m1/s1. The Kier molecular flexibility index (Phi) is 15.8. The zero-order chi connectivity index (χ0) is 38.6. The number of carbonyl (C=O) groups is 1. The summed E-state index contributed by atoms with van der Waals surface area (Å²) in [5.74, 6) is -0.690. The molecule has 0 radical (unpaired) electrons. The number of carbonyl (C=O) groups excluding carboxylic acids is 1. The Bertz CT molecular complexity index is 1650. The molecule has 2 aromatic rings. The van der Waals surface area contributed by atoms with Crippen molar-refractivity contribution >= 4 is 5.78 Å². The Hall–Kier alpha value is -3.43. The molecule has 0 aromatic heterocycles. The number of aryl methyl sites for hydroxylation is 1. The summed E-state index contributed by atoms with van der Waals surface area (Å²) in [5, 5.41) is 44.8. The van der Waals surface area contributed by atoms with E-state index >= 15 is 0 Å². The molecule has 7 heteroatoms. The minimum atomic E-state index is -1.21. The molecule has 288 valence electrons. The zero-order valence-electron chi connectivity index (χ0n) is 32.3. The highest BCUT2D eigenvalue weighted by Crippen LogP contribution is 2.63. The predicted molar refractivity (Wildman–Crippen MR) is 216 cm³/mol. The molecule has 4 rings (SSSR count). The number of benzene rings is 2. The minimum absolute atomic E-state index is 0.0208. The first kappa shape index (κ1) is 42.3. The van der Waals surface area contributed by atoms with Crippen molar-refractivity contribution < 1.29 is 25.2 Å². The van der Waals surface area contributed by atoms with Crippen molar-refractivity contribution in [3.8, 4) is 0 Å². The Morgan fingerprint density at radius 3 is 2.45 bits per heavy atom. The molecule has 0 saturated heterocycles. The number of aliphatic hydroxyl groups excluding tert-OH is 3. The van der Waals surface area contributed by atoms with Gasteiger partial charge in [0.2, 0.25) is 0 Å². The van der Waals surface area contributed by atoms with Crippen molar-refractivity contribution in [3.05, 3.63) is 130 Å². The Morgan fingerprint density at radius 2 is 1.75 bits per heavy atom. The minimum Gasteiger partial charge on any atom is -0.396 e. The van der Waals surface area contributed by atoms with E-state index in [9.17, 15) is 25.2 Å². The van der Waals surface area contributed by atoms with Crippen LogP contribution in [0.15, 0.2) is 113 Å². The van der Waals surface area contributed by atoms with Crippen LogP contribution < -0.4 is 11.5 Å². The lowest BCUT2D eigenvalue weighted by Crippen LogP contribution is -2.59. The fourth-order valence-electron chi connectivity index (χ4n) is 8.98. The average molecular weight is 725 g/mol. The molecule has 2 fully saturated rings. The van der Waals surface area contributed by atoms with Crippen LogP contribution in [0.25, 0.3) is 0 Å². The summed E-state index contributed by atoms with van der Waals surface area (Å²) in [6.45, 7) is 9.85. The zero-order valence-corrected chi connectivity index (χ0v) is 32.3. The van der Waals surface area contributed by atoms with Gasteiger partial charge in [-0.2, -0.15) is 0 Å². The molecule has 2 aromatic carbocycles. The van der Waals surface area contributed by atoms with E-state index in [4.69, 9.17) is 11.5 Å². The van der Waals surface area contributed by atoms with E-state index < -0.39 is 23.3 Å². The van der Waals surface area contributed by atoms with Gasteiger partial charge in [0.15, 0.2) is 5.78 Å². The van der Waals surface area contributed by atoms with Gasteiger partial charge in [-0.3, -0.25) is 4.79 Å². The SMILES string of the molecule is C=C(/C=C/C=C(/CO)[C@H]1CC[C@@]2([C@H](CCCO)/C(=C(\C)C(=O)Cc3cccc(C(N)N)c3)CC[C@@]2(C)O)[C@@H]1O)CC/C=C(/C)CCCc1ccccc1. The van der Waals surface area contributed by atoms with Crippen LogP contribution in [-0.2, 0) is 17.6 Å². The van der Waals surface area contributed by atoms with Crippen molar-refractivity contribution in [1.82, 2.24) is 0 Å². The van der Waals surface area contributed by atoms with Crippen molar-refractivity contribution in [1.29, 1.82) is 0 Å². The second-order valence-electron chi connectivity index (χ2n) is 15.7. The first-order chi connectivity index (χ1) is 25.3. The van der Waals surface area contributed by atoms with E-state index in [1.165, 1.54) is 11.1 Å². The van der Waals surface area contributed by atoms with Gasteiger partial charge in [-0.1, -0.05) is 102 Å². The molecular weight excluding hydrogens is 661 g/mol. The van der Waals surface area contributed by atoms with Crippen molar-refractivity contribution in [3.63, 3.8) is 0 Å². The quantitative estimate of drug-likeness (QED) is 0.0404. The first-order valence-electron chi connectivity index (χ1n) is 19.5. The van der Waals surface area contributed by atoms with Gasteiger partial charge in [0, 0.05) is 24.4 Å². The molecule has 5 atom stereocenters. The summed E-state index contributed by atoms with van der Waals surface area (Å²) in [6, 6.07) is 18.0. The smallest absolute Gasteiger partial charge is 0.162 e. The lowest BCUT2D eigenvalue weighted by atomic mass is 9.52. The lowest BCUT2D eigenvalue weighted by molar-refractivity contribution is -0.167. The molecule has 7 nitrogen and oxygen atoms in total. The van der Waals surface area contributed by atoms with E-state index in [2.05, 4.69) is 43.8 Å². The topological polar surface area (TPSA) is 150 Å². The van der Waals surface area contributed by atoms with Gasteiger partial charge in [0.05, 0.1) is 24.5 Å². The fraction of sp³-hybridized carbons (Fsp3) is 0.500. The monoisotopic (exact) mass is 724 g/mol. The second kappa shape index (κ2) is 19.8. The average Bonchev–Trinajstić information content (AvgIpc) is 3.48. The number of hydrogen-bond acceptors (Lipinski definition) is 7. The van der Waals surface area contributed by atoms with Crippen LogP contribution in [0.3, 0.4) is 0 Å². The number of hydrogen-bond donors (Lipinski definition) is 6. The van der Waals surface area contributed by atoms with Crippen LogP contribution in [0.1, 0.15) is 108 Å². The molecule has 53 heavy (non-hydrogen) atoms. The maximum absolute atomic E-state index is 13.8. The van der Waals surface area contributed by atoms with E-state index in [0.29, 0.717) is 49.7 Å². The van der Waals surface area contributed by atoms with Gasteiger partial charge in [-0.05, 0) is 125 Å². The number of allylic oxidation sites excluding steroid dienone is 8. The maximum Gasteiger partial charge on any atom is 0.162 e. The third-order valence-corrected chi connectivity index (χ3v) is 12.1. The van der Waals surface area contributed by atoms with Crippen LogP contribution in [0.5, 0.6) is 0 Å². The normalized spacial score (nSPS) is 26.2. The van der Waals surface area contributed by atoms with E-state index in [1.54, 1.807) is 0 Å². The molecule has 0 aliphatic heterocycles. The largest absolute Gasteiger partial charge is 0.396 e. The van der Waals surface area contributed by atoms with Gasteiger partial charge < -0.3 is 31.9 Å². The molecule has 0 bridgehead atoms. The first-order valence-corrected chi connectivity index (χ1v) is 19.5. The van der Waals surface area contributed by atoms with Crippen molar-refractivity contribution in [2.24, 2.45) is 28.7 Å². The molecule has 1 spiro atoms. The predicted octanol–water partition coefficient (Wildman–Crippen LogP) is 7.50. The Labute approximate surface area is 317 Å². The highest BCUT2D eigenvalue weighted by molar-refractivity contribution is 5.97. The molecule has 8 N–H and O–H groups in total. The summed E-state index contributed by atoms with van der Waals surface area (Å²) in [5.41, 5.74) is 17.3. The molecule has 2 aliphatic carbocycles. The third kappa shape index (κ3) is 10.6. The van der Waals surface area contributed by atoms with Gasteiger partial charge in [-0.25, -0.2) is 0 Å². The van der Waals surface area contributed by atoms with Crippen LogP contribution in [0.2, 0.25) is 0 Å². The fourth-order valence-corrected chi connectivity index (χ4v) is 8.98. The number of rotatable bonds is 18. The number of aliphatic hydroxyl groups is 4. The van der Waals surface area contributed by atoms with Crippen LogP contribution in [-0.4, -0.2) is 51.1 Å². The third-order valence-electron chi connectivity index (χ3n) is 12.1. The highest BCUT2D eigenvalue weighted by atomic mass is 16.3. The molecule has 2 saturated carbocycles. The van der Waals surface area contributed by atoms with Crippen LogP contribution in [0.4, 0.5) is 0 Å². The molecule has 0 amide bonds. The number of nitrogens with two attached hydrogens (primary N) is 2. The van der Waals surface area contributed by atoms with Gasteiger partial charge in [0.25, 0.3) is 0 Å². The van der Waals surface area contributed by atoms with Crippen molar-refractivity contribution in [2.75, 3.05) is 13.2 Å². The number of Topliss-reactive ketones (excluding diaryl/α,β-unsaturated/α-hetero) is 1. The summed E-state index contributed by atoms with van der Waals surface area (Å²) in [4.78, 5) is 13.8. The molecule has 0 unspecified atom stereocenters. The van der Waals surface area contributed by atoms with E-state index in [-0.39, 0.29) is 37.3 Å². The van der Waals surface area contributed by atoms with Crippen molar-refractivity contribution in [2.45, 2.75) is 116 Å². The molecular formula is C46H64N2O5. The van der Waals surface area contributed by atoms with Gasteiger partial charge >= 0.3 is 0 Å². The highest BCUT2D eigenvalue weighted by Gasteiger charge is 2.64. The lowest BCUT2D eigenvalue weighted by Gasteiger charge is -2.55. The second-order valence-corrected chi connectivity index (χ2v) is 15.7. The Morgan fingerprint density at radius 1 is 1.02 bits per heavy atom. The summed E-state index contributed by atoms with van der Waals surface area (Å²) in [6.07, 6.45) is 14.8. The van der Waals surface area contributed by atoms with Gasteiger partial charge in [-0.15, -0.1) is 0 Å². The summed E-state index contributed by atoms with van der Waals surface area (Å²) in [7, 11) is 0. The summed E-state index contributed by atoms with van der Waals surface area (Å²) < 4.78 is 0. The Balaban J connectivity index is 1.47. The van der Waals surface area contributed by atoms with E-state index in [0.717, 1.165) is 54.4 Å². The van der Waals surface area contributed by atoms with Gasteiger partial charge in [0.1, 0.15) is 0 Å². The van der Waals surface area contributed by atoms with Crippen LogP contribution in [0, 0.1) is 17.3 Å². The molecule has 0 heterocycles. The van der Waals surface area contributed by atoms with E-state index in [1.807, 2.05) is 62.4 Å². The maximum atomic E-state index is 13.8.